The summed E-state index contributed by atoms with van der Waals surface area (Å²) in [7, 11) is 0. The Morgan fingerprint density at radius 1 is 0.944 bits per heavy atom. The topological polar surface area (TPSA) is 0 Å². The van der Waals surface area contributed by atoms with E-state index >= 15 is 0 Å². The maximum atomic E-state index is 12.4. The molecule has 0 aliphatic heterocycles. The molecule has 0 spiro atoms. The fourth-order valence-corrected chi connectivity index (χ4v) is 2.30. The van der Waals surface area contributed by atoms with Crippen LogP contribution in [0.15, 0.2) is 35.9 Å². The van der Waals surface area contributed by atoms with Crippen molar-refractivity contribution in [2.45, 2.75) is 44.7 Å². The van der Waals surface area contributed by atoms with Gasteiger partial charge in [-0.2, -0.15) is 13.2 Å². The average molecular weight is 254 g/mol. The predicted molar refractivity (Wildman–Crippen MR) is 66.3 cm³/mol. The van der Waals surface area contributed by atoms with Gasteiger partial charge < -0.3 is 0 Å². The molecule has 0 atom stereocenters. The van der Waals surface area contributed by atoms with E-state index < -0.39 is 11.7 Å². The van der Waals surface area contributed by atoms with Gasteiger partial charge in [0.25, 0.3) is 0 Å². The van der Waals surface area contributed by atoms with Gasteiger partial charge in [-0.1, -0.05) is 30.2 Å². The highest BCUT2D eigenvalue weighted by atomic mass is 19.4. The van der Waals surface area contributed by atoms with Crippen molar-refractivity contribution in [2.75, 3.05) is 0 Å². The van der Waals surface area contributed by atoms with E-state index in [4.69, 9.17) is 0 Å². The quantitative estimate of drug-likeness (QED) is 0.641. The van der Waals surface area contributed by atoms with Gasteiger partial charge in [0.15, 0.2) is 0 Å². The van der Waals surface area contributed by atoms with Crippen molar-refractivity contribution in [2.24, 2.45) is 0 Å². The number of halogens is 3. The minimum Gasteiger partial charge on any atom is -0.166 e. The van der Waals surface area contributed by atoms with Crippen molar-refractivity contribution in [1.82, 2.24) is 0 Å². The molecule has 0 saturated heterocycles. The third-order valence-electron chi connectivity index (χ3n) is 3.40. The van der Waals surface area contributed by atoms with Crippen molar-refractivity contribution >= 4 is 0 Å². The van der Waals surface area contributed by atoms with E-state index in [2.05, 4.69) is 6.08 Å². The number of benzene rings is 1. The molecule has 0 heterocycles. The highest BCUT2D eigenvalue weighted by Crippen LogP contribution is 2.29. The Hall–Kier alpha value is -1.25. The Labute approximate surface area is 106 Å². The van der Waals surface area contributed by atoms with Crippen LogP contribution in [-0.2, 0) is 12.6 Å². The fourth-order valence-electron chi connectivity index (χ4n) is 2.30. The Morgan fingerprint density at radius 2 is 1.56 bits per heavy atom. The standard InChI is InChI=1S/C15H17F3/c16-15(17,18)14-10-8-13(9-11-14)7-6-12-4-2-1-3-5-12/h6,8-11H,1-5,7H2. The lowest BCUT2D eigenvalue weighted by atomic mass is 9.93. The smallest absolute Gasteiger partial charge is 0.166 e. The first kappa shape index (κ1) is 13.2. The van der Waals surface area contributed by atoms with Crippen LogP contribution in [0.4, 0.5) is 13.2 Å². The van der Waals surface area contributed by atoms with Gasteiger partial charge in [0.1, 0.15) is 0 Å². The molecule has 1 fully saturated rings. The van der Waals surface area contributed by atoms with Crippen LogP contribution in [0.2, 0.25) is 0 Å². The number of hydrogen-bond donors (Lipinski definition) is 0. The van der Waals surface area contributed by atoms with Crippen molar-refractivity contribution in [3.63, 3.8) is 0 Å². The van der Waals surface area contributed by atoms with Crippen molar-refractivity contribution in [1.29, 1.82) is 0 Å². The Morgan fingerprint density at radius 3 is 2.11 bits per heavy atom. The summed E-state index contributed by atoms with van der Waals surface area (Å²) in [5, 5.41) is 0. The highest BCUT2D eigenvalue weighted by molar-refractivity contribution is 5.26. The molecule has 0 nitrogen and oxygen atoms in total. The molecule has 0 N–H and O–H groups in total. The maximum absolute atomic E-state index is 12.4. The molecule has 3 heteroatoms. The maximum Gasteiger partial charge on any atom is 0.416 e. The van der Waals surface area contributed by atoms with E-state index in [1.165, 1.54) is 24.8 Å². The first-order valence-electron chi connectivity index (χ1n) is 6.40. The van der Waals surface area contributed by atoms with Crippen LogP contribution in [0.3, 0.4) is 0 Å². The normalized spacial score (nSPS) is 16.7. The van der Waals surface area contributed by atoms with Crippen LogP contribution in [0.25, 0.3) is 0 Å². The lowest BCUT2D eigenvalue weighted by Gasteiger charge is -2.13. The number of allylic oxidation sites excluding steroid dienone is 2. The zero-order valence-corrected chi connectivity index (χ0v) is 10.3. The fraction of sp³-hybridized carbons (Fsp3) is 0.467. The second-order valence-electron chi connectivity index (χ2n) is 4.82. The van der Waals surface area contributed by atoms with E-state index in [1.54, 1.807) is 12.1 Å². The van der Waals surface area contributed by atoms with Crippen molar-refractivity contribution < 1.29 is 13.2 Å². The van der Waals surface area contributed by atoms with Gasteiger partial charge in [0.05, 0.1) is 5.56 Å². The van der Waals surface area contributed by atoms with E-state index in [1.807, 2.05) is 0 Å². The summed E-state index contributed by atoms with van der Waals surface area (Å²) >= 11 is 0. The Balaban J connectivity index is 1.98. The molecule has 0 unspecified atom stereocenters. The largest absolute Gasteiger partial charge is 0.416 e. The molecule has 2 rings (SSSR count). The van der Waals surface area contributed by atoms with Gasteiger partial charge in [-0.15, -0.1) is 0 Å². The van der Waals surface area contributed by atoms with Crippen LogP contribution in [0, 0.1) is 0 Å². The summed E-state index contributed by atoms with van der Waals surface area (Å²) in [5.41, 5.74) is 1.83. The predicted octanol–water partition coefficient (Wildman–Crippen LogP) is 5.14. The van der Waals surface area contributed by atoms with Crippen molar-refractivity contribution in [3.8, 4) is 0 Å². The molecule has 1 saturated carbocycles. The lowest BCUT2D eigenvalue weighted by molar-refractivity contribution is -0.137. The van der Waals surface area contributed by atoms with Gasteiger partial charge in [0, 0.05) is 0 Å². The summed E-state index contributed by atoms with van der Waals surface area (Å²) < 4.78 is 37.2. The van der Waals surface area contributed by atoms with Gasteiger partial charge in [-0.3, -0.25) is 0 Å². The molecule has 0 radical (unpaired) electrons. The molecule has 18 heavy (non-hydrogen) atoms. The van der Waals surface area contributed by atoms with E-state index in [0.29, 0.717) is 0 Å². The van der Waals surface area contributed by atoms with Crippen LogP contribution >= 0.6 is 0 Å². The van der Waals surface area contributed by atoms with Gasteiger partial charge in [0.2, 0.25) is 0 Å². The molecule has 1 aromatic carbocycles. The van der Waals surface area contributed by atoms with E-state index in [-0.39, 0.29) is 0 Å². The van der Waals surface area contributed by atoms with Crippen LogP contribution in [0.1, 0.15) is 43.2 Å². The van der Waals surface area contributed by atoms with Crippen LogP contribution in [0.5, 0.6) is 0 Å². The lowest BCUT2D eigenvalue weighted by Crippen LogP contribution is -2.04. The Kier molecular flexibility index (Phi) is 4.10. The molecular weight excluding hydrogens is 237 g/mol. The zero-order valence-electron chi connectivity index (χ0n) is 10.3. The van der Waals surface area contributed by atoms with E-state index in [0.717, 1.165) is 37.0 Å². The minimum atomic E-state index is -4.24. The first-order valence-corrected chi connectivity index (χ1v) is 6.40. The third kappa shape index (κ3) is 3.62. The van der Waals surface area contributed by atoms with Crippen LogP contribution < -0.4 is 0 Å². The molecule has 0 amide bonds. The Bertz CT molecular complexity index is 404. The average Bonchev–Trinajstić information content (AvgIpc) is 2.37. The zero-order chi connectivity index (χ0) is 13.0. The second kappa shape index (κ2) is 5.59. The molecule has 1 aliphatic rings. The summed E-state index contributed by atoms with van der Waals surface area (Å²) in [6.07, 6.45) is 4.80. The summed E-state index contributed by atoms with van der Waals surface area (Å²) in [6, 6.07) is 5.47. The second-order valence-corrected chi connectivity index (χ2v) is 4.82. The molecule has 0 aromatic heterocycles. The highest BCUT2D eigenvalue weighted by Gasteiger charge is 2.29. The minimum absolute atomic E-state index is 0.573. The molecular formula is C15H17F3. The van der Waals surface area contributed by atoms with Crippen molar-refractivity contribution in [3.05, 3.63) is 47.0 Å². The number of alkyl halides is 3. The van der Waals surface area contributed by atoms with Gasteiger partial charge in [-0.05, 0) is 49.8 Å². The monoisotopic (exact) mass is 254 g/mol. The van der Waals surface area contributed by atoms with E-state index in [9.17, 15) is 13.2 Å². The SMILES string of the molecule is FC(F)(F)c1ccc(CC=C2CCCCC2)cc1. The first-order chi connectivity index (χ1) is 8.55. The third-order valence-corrected chi connectivity index (χ3v) is 3.40. The number of hydrogen-bond acceptors (Lipinski definition) is 0. The van der Waals surface area contributed by atoms with Gasteiger partial charge in [-0.25, -0.2) is 0 Å². The summed E-state index contributed by atoms with van der Waals surface area (Å²) in [6.45, 7) is 0. The summed E-state index contributed by atoms with van der Waals surface area (Å²) in [4.78, 5) is 0. The molecule has 98 valence electrons. The van der Waals surface area contributed by atoms with Crippen LogP contribution in [-0.4, -0.2) is 0 Å². The summed E-state index contributed by atoms with van der Waals surface area (Å²) in [5.74, 6) is 0. The molecule has 1 aromatic rings. The molecule has 0 bridgehead atoms. The van der Waals surface area contributed by atoms with Gasteiger partial charge >= 0.3 is 6.18 Å². The number of rotatable bonds is 2. The molecule has 1 aliphatic carbocycles.